The second-order valence-corrected chi connectivity index (χ2v) is 8.02. The molecule has 4 rings (SSSR count). The van der Waals surface area contributed by atoms with Gasteiger partial charge in [0, 0.05) is 16.1 Å². The van der Waals surface area contributed by atoms with Gasteiger partial charge in [-0.25, -0.2) is 0 Å². The quantitative estimate of drug-likeness (QED) is 0.673. The van der Waals surface area contributed by atoms with Gasteiger partial charge in [-0.2, -0.15) is 0 Å². The molecule has 0 saturated heterocycles. The van der Waals surface area contributed by atoms with Gasteiger partial charge in [-0.15, -0.1) is 11.3 Å². The maximum Gasteiger partial charge on any atom is 0.0812 e. The lowest BCUT2D eigenvalue weighted by molar-refractivity contribution is 0.509. The van der Waals surface area contributed by atoms with Gasteiger partial charge in [0.1, 0.15) is 0 Å². The highest BCUT2D eigenvalue weighted by molar-refractivity contribution is 7.19. The molecule has 0 radical (unpaired) electrons. The summed E-state index contributed by atoms with van der Waals surface area (Å²) in [4.78, 5) is 1.60. The first-order valence-corrected chi connectivity index (χ1v) is 9.60. The molecule has 3 N–H and O–H groups in total. The van der Waals surface area contributed by atoms with Crippen LogP contribution in [0.4, 0.5) is 0 Å². The van der Waals surface area contributed by atoms with E-state index >= 15 is 0 Å². The van der Waals surface area contributed by atoms with Crippen molar-refractivity contribution < 1.29 is 0 Å². The molecule has 0 fully saturated rings. The maximum atomic E-state index is 6.29. The van der Waals surface area contributed by atoms with E-state index in [0.717, 1.165) is 18.0 Å². The lowest BCUT2D eigenvalue weighted by atomic mass is 9.89. The molecule has 2 aromatic carbocycles. The van der Waals surface area contributed by atoms with E-state index in [1.165, 1.54) is 34.9 Å². The Kier molecular flexibility index (Phi) is 4.40. The molecule has 0 saturated carbocycles. The van der Waals surface area contributed by atoms with Crippen LogP contribution in [-0.4, -0.2) is 0 Å². The fraction of sp³-hybridized carbons (Fsp3) is 0.333. The SMILES string of the molecule is CC1CCc2c(sc3c(CNC(N)c4ccccc4)cccc23)C1. The molecule has 0 aliphatic heterocycles. The van der Waals surface area contributed by atoms with Crippen LogP contribution in [0.25, 0.3) is 10.1 Å². The first-order valence-electron chi connectivity index (χ1n) is 8.78. The van der Waals surface area contributed by atoms with Crippen molar-refractivity contribution in [1.82, 2.24) is 5.32 Å². The first-order chi connectivity index (χ1) is 11.7. The Bertz CT molecular complexity index is 838. The predicted molar refractivity (Wildman–Crippen MR) is 103 cm³/mol. The van der Waals surface area contributed by atoms with Crippen molar-refractivity contribution >= 4 is 21.4 Å². The molecule has 2 unspecified atom stereocenters. The first kappa shape index (κ1) is 15.8. The van der Waals surface area contributed by atoms with E-state index in [1.807, 2.05) is 29.5 Å². The molecule has 3 aromatic rings. The molecular weight excluding hydrogens is 312 g/mol. The molecule has 0 bridgehead atoms. The second kappa shape index (κ2) is 6.67. The normalized spacial score (nSPS) is 18.5. The van der Waals surface area contributed by atoms with Gasteiger partial charge in [0.05, 0.1) is 6.17 Å². The third kappa shape index (κ3) is 3.00. The molecule has 124 valence electrons. The Balaban J connectivity index is 1.58. The van der Waals surface area contributed by atoms with Crippen molar-refractivity contribution in [2.45, 2.75) is 38.9 Å². The fourth-order valence-corrected chi connectivity index (χ4v) is 5.19. The van der Waals surface area contributed by atoms with E-state index in [9.17, 15) is 0 Å². The van der Waals surface area contributed by atoms with Crippen LogP contribution in [0.2, 0.25) is 0 Å². The monoisotopic (exact) mass is 336 g/mol. The van der Waals surface area contributed by atoms with Crippen molar-refractivity contribution in [3.63, 3.8) is 0 Å². The van der Waals surface area contributed by atoms with Gasteiger partial charge < -0.3 is 5.73 Å². The van der Waals surface area contributed by atoms with Gasteiger partial charge in [0.2, 0.25) is 0 Å². The van der Waals surface area contributed by atoms with Crippen molar-refractivity contribution in [1.29, 1.82) is 0 Å². The Morgan fingerprint density at radius 2 is 2.00 bits per heavy atom. The van der Waals surface area contributed by atoms with Gasteiger partial charge in [-0.3, -0.25) is 5.32 Å². The molecule has 24 heavy (non-hydrogen) atoms. The van der Waals surface area contributed by atoms with Gasteiger partial charge in [0.25, 0.3) is 0 Å². The number of hydrogen-bond donors (Lipinski definition) is 2. The van der Waals surface area contributed by atoms with Gasteiger partial charge in [-0.1, -0.05) is 55.5 Å². The van der Waals surface area contributed by atoms with Crippen LogP contribution in [0.1, 0.15) is 41.1 Å². The standard InChI is InChI=1S/C21H24N2S/c1-14-10-11-17-18-9-5-8-16(20(18)24-19(17)12-14)13-23-21(22)15-6-3-2-4-7-15/h2-9,14,21,23H,10-13,22H2,1H3. The van der Waals surface area contributed by atoms with Crippen LogP contribution >= 0.6 is 11.3 Å². The third-order valence-electron chi connectivity index (χ3n) is 5.08. The summed E-state index contributed by atoms with van der Waals surface area (Å²) in [6, 6.07) is 17.0. The largest absolute Gasteiger partial charge is 0.312 e. The molecule has 3 heteroatoms. The van der Waals surface area contributed by atoms with Gasteiger partial charge in [-0.05, 0) is 47.3 Å². The third-order valence-corrected chi connectivity index (χ3v) is 6.42. The molecule has 0 spiro atoms. The number of hydrogen-bond acceptors (Lipinski definition) is 3. The topological polar surface area (TPSA) is 38.0 Å². The average Bonchev–Trinajstić information content (AvgIpc) is 2.98. The van der Waals surface area contributed by atoms with E-state index < -0.39 is 0 Å². The van der Waals surface area contributed by atoms with Crippen molar-refractivity contribution in [2.24, 2.45) is 11.7 Å². The molecular formula is C21H24N2S. The summed E-state index contributed by atoms with van der Waals surface area (Å²) in [5.74, 6) is 0.818. The van der Waals surface area contributed by atoms with Crippen LogP contribution in [0.15, 0.2) is 48.5 Å². The van der Waals surface area contributed by atoms with E-state index in [-0.39, 0.29) is 6.17 Å². The summed E-state index contributed by atoms with van der Waals surface area (Å²) >= 11 is 2.00. The van der Waals surface area contributed by atoms with Crippen LogP contribution in [0, 0.1) is 5.92 Å². The molecule has 2 nitrogen and oxygen atoms in total. The summed E-state index contributed by atoms with van der Waals surface area (Å²) in [6.07, 6.45) is 3.67. The fourth-order valence-electron chi connectivity index (χ4n) is 3.66. The summed E-state index contributed by atoms with van der Waals surface area (Å²) in [5.41, 5.74) is 10.4. The van der Waals surface area contributed by atoms with E-state index in [0.29, 0.717) is 0 Å². The maximum absolute atomic E-state index is 6.29. The summed E-state index contributed by atoms with van der Waals surface area (Å²) in [7, 11) is 0. The molecule has 2 atom stereocenters. The zero-order valence-electron chi connectivity index (χ0n) is 14.1. The minimum absolute atomic E-state index is 0.129. The van der Waals surface area contributed by atoms with Gasteiger partial charge in [0.15, 0.2) is 0 Å². The van der Waals surface area contributed by atoms with Crippen molar-refractivity contribution in [2.75, 3.05) is 0 Å². The molecule has 1 aliphatic carbocycles. The number of aryl methyl sites for hydroxylation is 1. The number of nitrogens with one attached hydrogen (secondary N) is 1. The number of fused-ring (bicyclic) bond motifs is 3. The molecule has 1 aliphatic rings. The molecule has 1 aromatic heterocycles. The lowest BCUT2D eigenvalue weighted by Gasteiger charge is -2.17. The zero-order chi connectivity index (χ0) is 16.5. The predicted octanol–water partition coefficient (Wildman–Crippen LogP) is 4.77. The number of rotatable bonds is 4. The Morgan fingerprint density at radius 1 is 1.17 bits per heavy atom. The Morgan fingerprint density at radius 3 is 2.83 bits per heavy atom. The summed E-state index contributed by atoms with van der Waals surface area (Å²) in [5, 5.41) is 4.95. The lowest BCUT2D eigenvalue weighted by Crippen LogP contribution is -2.28. The van der Waals surface area contributed by atoms with Crippen molar-refractivity contribution in [3.05, 3.63) is 70.1 Å². The van der Waals surface area contributed by atoms with E-state index in [2.05, 4.69) is 42.6 Å². The highest BCUT2D eigenvalue weighted by Crippen LogP contribution is 2.39. The zero-order valence-corrected chi connectivity index (χ0v) is 14.9. The average molecular weight is 337 g/mol. The number of thiophene rings is 1. The minimum atomic E-state index is -0.129. The smallest absolute Gasteiger partial charge is 0.0812 e. The van der Waals surface area contributed by atoms with Crippen LogP contribution in [0.5, 0.6) is 0 Å². The van der Waals surface area contributed by atoms with E-state index in [4.69, 9.17) is 5.73 Å². The molecule has 0 amide bonds. The van der Waals surface area contributed by atoms with E-state index in [1.54, 1.807) is 10.4 Å². The van der Waals surface area contributed by atoms with Crippen molar-refractivity contribution in [3.8, 4) is 0 Å². The van der Waals surface area contributed by atoms with Gasteiger partial charge >= 0.3 is 0 Å². The van der Waals surface area contributed by atoms with Crippen LogP contribution in [0.3, 0.4) is 0 Å². The van der Waals surface area contributed by atoms with Crippen LogP contribution < -0.4 is 11.1 Å². The number of nitrogens with two attached hydrogens (primary N) is 1. The summed E-state index contributed by atoms with van der Waals surface area (Å²) < 4.78 is 1.45. The molecule has 1 heterocycles. The summed E-state index contributed by atoms with van der Waals surface area (Å²) in [6.45, 7) is 3.18. The minimum Gasteiger partial charge on any atom is -0.312 e. The van der Waals surface area contributed by atoms with Crippen LogP contribution in [-0.2, 0) is 19.4 Å². The number of benzene rings is 2. The Hall–Kier alpha value is -1.68. The second-order valence-electron chi connectivity index (χ2n) is 6.91. The highest BCUT2D eigenvalue weighted by Gasteiger charge is 2.21. The Labute approximate surface area is 147 Å². The highest BCUT2D eigenvalue weighted by atomic mass is 32.1.